The Balaban J connectivity index is 1.46. The number of ether oxygens (including phenoxy) is 1. The largest absolute Gasteiger partial charge is 0.375 e. The molecule has 0 radical (unpaired) electrons. The smallest absolute Gasteiger partial charge is 0.266 e. The van der Waals surface area contributed by atoms with E-state index in [1.165, 1.54) is 59.9 Å². The molecule has 2 saturated carbocycles. The second-order valence-corrected chi connectivity index (χ2v) is 9.96. The predicted molar refractivity (Wildman–Crippen MR) is 121 cm³/mol. The molecule has 0 aromatic heterocycles. The molecular formula is C27H40F2O. The summed E-state index contributed by atoms with van der Waals surface area (Å²) in [5.41, 5.74) is 8.95. The number of hydrogen-bond acceptors (Lipinski definition) is 1. The lowest BCUT2D eigenvalue weighted by atomic mass is 9.79. The molecule has 1 aromatic carbocycles. The Kier molecular flexibility index (Phi) is 8.12. The average molecular weight is 419 g/mol. The van der Waals surface area contributed by atoms with Crippen LogP contribution in [0.15, 0.2) is 12.2 Å². The molecule has 1 aromatic rings. The van der Waals surface area contributed by atoms with Gasteiger partial charge in [-0.15, -0.1) is 0 Å². The Morgan fingerprint density at radius 1 is 0.700 bits per heavy atom. The molecule has 0 spiro atoms. The topological polar surface area (TPSA) is 9.23 Å². The van der Waals surface area contributed by atoms with E-state index in [1.807, 2.05) is 0 Å². The summed E-state index contributed by atoms with van der Waals surface area (Å²) < 4.78 is 31.0. The van der Waals surface area contributed by atoms with E-state index in [1.54, 1.807) is 5.56 Å². The lowest BCUT2D eigenvalue weighted by Gasteiger charge is -2.35. The van der Waals surface area contributed by atoms with Gasteiger partial charge in [0.1, 0.15) is 0 Å². The normalized spacial score (nSPS) is 27.2. The highest BCUT2D eigenvalue weighted by atomic mass is 19.3. The van der Waals surface area contributed by atoms with Crippen molar-refractivity contribution in [2.45, 2.75) is 111 Å². The van der Waals surface area contributed by atoms with Crippen LogP contribution in [0.3, 0.4) is 0 Å². The molecule has 30 heavy (non-hydrogen) atoms. The molecule has 0 bridgehead atoms. The first-order valence-corrected chi connectivity index (χ1v) is 12.0. The van der Waals surface area contributed by atoms with Crippen LogP contribution in [-0.4, -0.2) is 12.2 Å². The number of halogens is 2. The summed E-state index contributed by atoms with van der Waals surface area (Å²) in [6, 6.07) is 0. The van der Waals surface area contributed by atoms with Gasteiger partial charge in [0.05, 0.1) is 12.2 Å². The van der Waals surface area contributed by atoms with Gasteiger partial charge in [0.25, 0.3) is 6.08 Å². The van der Waals surface area contributed by atoms with Crippen LogP contribution >= 0.6 is 0 Å². The zero-order chi connectivity index (χ0) is 21.8. The first kappa shape index (κ1) is 23.4. The van der Waals surface area contributed by atoms with Gasteiger partial charge in [0.15, 0.2) is 0 Å². The fourth-order valence-electron chi connectivity index (χ4n) is 5.68. The monoisotopic (exact) mass is 418 g/mol. The van der Waals surface area contributed by atoms with Crippen LogP contribution in [0.1, 0.15) is 91.2 Å². The Bertz CT molecular complexity index is 718. The summed E-state index contributed by atoms with van der Waals surface area (Å²) >= 11 is 0. The third kappa shape index (κ3) is 5.72. The van der Waals surface area contributed by atoms with E-state index in [9.17, 15) is 8.78 Å². The van der Waals surface area contributed by atoms with E-state index in [2.05, 4.69) is 34.6 Å². The van der Waals surface area contributed by atoms with Gasteiger partial charge >= 0.3 is 0 Å². The van der Waals surface area contributed by atoms with Crippen LogP contribution < -0.4 is 0 Å². The molecule has 3 heteroatoms. The zero-order valence-corrected chi connectivity index (χ0v) is 19.6. The van der Waals surface area contributed by atoms with Crippen LogP contribution in [-0.2, 0) is 11.2 Å². The minimum Gasteiger partial charge on any atom is -0.375 e. The molecule has 168 valence electrons. The number of hydrogen-bond donors (Lipinski definition) is 0. The Labute approximate surface area is 182 Å². The predicted octanol–water partition coefficient (Wildman–Crippen LogP) is 8.08. The maximum atomic E-state index is 12.3. The minimum atomic E-state index is -1.54. The van der Waals surface area contributed by atoms with Crippen molar-refractivity contribution in [2.75, 3.05) is 0 Å². The second-order valence-electron chi connectivity index (χ2n) is 9.96. The fourth-order valence-corrected chi connectivity index (χ4v) is 5.68. The lowest BCUT2D eigenvalue weighted by molar-refractivity contribution is -0.0561. The van der Waals surface area contributed by atoms with Gasteiger partial charge in [-0.3, -0.25) is 0 Å². The number of benzene rings is 1. The van der Waals surface area contributed by atoms with Crippen LogP contribution in [0.2, 0.25) is 0 Å². The first-order chi connectivity index (χ1) is 14.3. The summed E-state index contributed by atoms with van der Waals surface area (Å²) in [6.45, 7) is 11.4. The highest BCUT2D eigenvalue weighted by Crippen LogP contribution is 2.36. The summed E-state index contributed by atoms with van der Waals surface area (Å²) in [4.78, 5) is 0. The van der Waals surface area contributed by atoms with Gasteiger partial charge in [-0.2, -0.15) is 8.78 Å². The minimum absolute atomic E-state index is 0.342. The molecule has 0 amide bonds. The van der Waals surface area contributed by atoms with Crippen molar-refractivity contribution in [3.63, 3.8) is 0 Å². The Morgan fingerprint density at radius 3 is 1.60 bits per heavy atom. The Hall–Kier alpha value is -1.22. The van der Waals surface area contributed by atoms with Gasteiger partial charge in [-0.05, 0) is 150 Å². The Morgan fingerprint density at radius 2 is 1.13 bits per heavy atom. The molecule has 0 N–H and O–H groups in total. The van der Waals surface area contributed by atoms with Crippen molar-refractivity contribution >= 4 is 0 Å². The highest BCUT2D eigenvalue weighted by Gasteiger charge is 2.28. The number of allylic oxidation sites excluding steroid dienone is 1. The number of rotatable bonds is 6. The zero-order valence-electron chi connectivity index (χ0n) is 19.6. The van der Waals surface area contributed by atoms with E-state index < -0.39 is 6.08 Å². The van der Waals surface area contributed by atoms with Gasteiger partial charge in [-0.1, -0.05) is 0 Å². The molecule has 3 rings (SSSR count). The SMILES string of the molecule is Cc1c(C)c(C)c(CC2CCC(OC3CCC(CC=C(F)F)CC3)CC2)c(C)c1C. The molecule has 0 saturated heterocycles. The van der Waals surface area contributed by atoms with Crippen molar-refractivity contribution < 1.29 is 13.5 Å². The van der Waals surface area contributed by atoms with Crippen molar-refractivity contribution in [1.29, 1.82) is 0 Å². The maximum Gasteiger partial charge on any atom is 0.266 e. The molecule has 0 aliphatic heterocycles. The van der Waals surface area contributed by atoms with Crippen molar-refractivity contribution in [3.05, 3.63) is 45.5 Å². The third-order valence-electron chi connectivity index (χ3n) is 8.23. The van der Waals surface area contributed by atoms with Gasteiger partial charge < -0.3 is 4.74 Å². The quantitative estimate of drug-likeness (QED) is 0.454. The second kappa shape index (κ2) is 10.4. The van der Waals surface area contributed by atoms with Gasteiger partial charge in [0, 0.05) is 0 Å². The van der Waals surface area contributed by atoms with E-state index >= 15 is 0 Å². The summed E-state index contributed by atoms with van der Waals surface area (Å²) in [6.07, 6.45) is 11.0. The standard InChI is InChI=1S/C27H40F2O/c1-17-18(2)20(4)26(21(5)19(17)3)16-23-8-13-25(14-9-23)30-24-11-6-22(7-12-24)10-15-27(28)29/h15,22-25H,6-14,16H2,1-5H3. The first-order valence-electron chi connectivity index (χ1n) is 12.0. The van der Waals surface area contributed by atoms with E-state index in [-0.39, 0.29) is 0 Å². The molecule has 2 aliphatic carbocycles. The highest BCUT2D eigenvalue weighted by molar-refractivity contribution is 5.49. The summed E-state index contributed by atoms with van der Waals surface area (Å²) in [5, 5.41) is 0. The molecule has 0 heterocycles. The lowest BCUT2D eigenvalue weighted by Crippen LogP contribution is -2.30. The molecular weight excluding hydrogens is 378 g/mol. The van der Waals surface area contributed by atoms with Gasteiger partial charge in [-0.25, -0.2) is 0 Å². The van der Waals surface area contributed by atoms with Crippen molar-refractivity contribution in [3.8, 4) is 0 Å². The summed E-state index contributed by atoms with van der Waals surface area (Å²) in [5.74, 6) is 1.18. The third-order valence-corrected chi connectivity index (χ3v) is 8.23. The van der Waals surface area contributed by atoms with Gasteiger partial charge in [0.2, 0.25) is 0 Å². The maximum absolute atomic E-state index is 12.3. The van der Waals surface area contributed by atoms with Crippen LogP contribution in [0.25, 0.3) is 0 Å². The fraction of sp³-hybridized carbons (Fsp3) is 0.704. The van der Waals surface area contributed by atoms with E-state index in [4.69, 9.17) is 4.74 Å². The van der Waals surface area contributed by atoms with Crippen LogP contribution in [0.5, 0.6) is 0 Å². The molecule has 0 unspecified atom stereocenters. The van der Waals surface area contributed by atoms with Crippen LogP contribution in [0.4, 0.5) is 8.78 Å². The molecule has 2 fully saturated rings. The summed E-state index contributed by atoms with van der Waals surface area (Å²) in [7, 11) is 0. The van der Waals surface area contributed by atoms with E-state index in [0.717, 1.165) is 37.7 Å². The van der Waals surface area contributed by atoms with Crippen LogP contribution in [0, 0.1) is 46.5 Å². The molecule has 0 atom stereocenters. The van der Waals surface area contributed by atoms with Crippen molar-refractivity contribution in [2.24, 2.45) is 11.8 Å². The average Bonchev–Trinajstić information content (AvgIpc) is 2.74. The van der Waals surface area contributed by atoms with Crippen molar-refractivity contribution in [1.82, 2.24) is 0 Å². The molecule has 2 aliphatic rings. The molecule has 1 nitrogen and oxygen atoms in total. The van der Waals surface area contributed by atoms with E-state index in [0.29, 0.717) is 24.5 Å².